The highest BCUT2D eigenvalue weighted by Gasteiger charge is 2.52. The van der Waals surface area contributed by atoms with Gasteiger partial charge in [0.25, 0.3) is 0 Å². The Morgan fingerprint density at radius 2 is 1.67 bits per heavy atom. The number of nitrogens with zero attached hydrogens (tertiary/aromatic N) is 2. The van der Waals surface area contributed by atoms with Crippen LogP contribution in [0.25, 0.3) is 11.1 Å². The lowest BCUT2D eigenvalue weighted by molar-refractivity contribution is 0.00578. The highest BCUT2D eigenvalue weighted by atomic mass is 35.5. The molecule has 10 heteroatoms. The van der Waals surface area contributed by atoms with Crippen LogP contribution in [0, 0.1) is 18.3 Å². The van der Waals surface area contributed by atoms with Gasteiger partial charge in [-0.2, -0.15) is 5.26 Å². The Morgan fingerprint density at radius 1 is 0.978 bits per heavy atom. The molecule has 0 unspecified atom stereocenters. The van der Waals surface area contributed by atoms with E-state index < -0.39 is 25.0 Å². The molecule has 5 rings (SSSR count). The second kappa shape index (κ2) is 13.0. The average molecular weight is 627 g/mol. The molecule has 0 N–H and O–H groups in total. The number of nitriles is 1. The van der Waals surface area contributed by atoms with Crippen LogP contribution < -0.4 is 14.9 Å². The van der Waals surface area contributed by atoms with Crippen LogP contribution in [0.3, 0.4) is 0 Å². The summed E-state index contributed by atoms with van der Waals surface area (Å²) in [7, 11) is -0.688. The Hall–Kier alpha value is -4.23. The third-order valence-electron chi connectivity index (χ3n) is 8.48. The number of ether oxygens (including phenoxy) is 2. The number of carbonyl (C=O) groups excluding carboxylic acids is 1. The van der Waals surface area contributed by atoms with Gasteiger partial charge in [-0.3, -0.25) is 9.78 Å². The fourth-order valence-electron chi connectivity index (χ4n) is 5.15. The summed E-state index contributed by atoms with van der Waals surface area (Å²) in [5.74, 6) is 0.613. The Morgan fingerprint density at radius 3 is 2.36 bits per heavy atom. The third-order valence-corrected chi connectivity index (χ3v) is 8.78. The van der Waals surface area contributed by atoms with Crippen molar-refractivity contribution in [1.82, 2.24) is 4.98 Å². The van der Waals surface area contributed by atoms with Crippen LogP contribution >= 0.6 is 11.6 Å². The van der Waals surface area contributed by atoms with Crippen molar-refractivity contribution in [2.45, 2.75) is 65.7 Å². The van der Waals surface area contributed by atoms with E-state index in [1.54, 1.807) is 18.3 Å². The van der Waals surface area contributed by atoms with Crippen molar-refractivity contribution in [3.8, 4) is 28.7 Å². The zero-order valence-corrected chi connectivity index (χ0v) is 26.6. The van der Waals surface area contributed by atoms with Crippen molar-refractivity contribution in [1.29, 1.82) is 5.26 Å². The number of hydrogen-bond donors (Lipinski definition) is 0. The lowest BCUT2D eigenvalue weighted by Gasteiger charge is -2.32. The minimum absolute atomic E-state index is 0.0908. The first-order valence-electron chi connectivity index (χ1n) is 14.5. The highest BCUT2D eigenvalue weighted by Crippen LogP contribution is 2.38. The molecule has 1 fully saturated rings. The lowest BCUT2D eigenvalue weighted by atomic mass is 9.74. The highest BCUT2D eigenvalue weighted by molar-refractivity contribution is 6.62. The number of hydrogen-bond acceptors (Lipinski definition) is 7. The molecule has 1 aliphatic rings. The summed E-state index contributed by atoms with van der Waals surface area (Å²) in [6, 6.07) is 18.2. The van der Waals surface area contributed by atoms with Crippen LogP contribution in [0.5, 0.6) is 11.5 Å². The monoisotopic (exact) mass is 626 g/mol. The summed E-state index contributed by atoms with van der Waals surface area (Å²) in [4.78, 5) is 15.8. The molecule has 0 atom stereocenters. The zero-order valence-electron chi connectivity index (χ0n) is 25.8. The number of benzene rings is 3. The number of carbonyl (C=O) groups is 1. The van der Waals surface area contributed by atoms with E-state index in [9.17, 15) is 9.18 Å². The van der Waals surface area contributed by atoms with E-state index in [2.05, 4.69) is 4.98 Å². The van der Waals surface area contributed by atoms with Crippen LogP contribution in [0.2, 0.25) is 5.02 Å². The van der Waals surface area contributed by atoms with Gasteiger partial charge < -0.3 is 18.8 Å². The first-order chi connectivity index (χ1) is 21.5. The second-order valence-corrected chi connectivity index (χ2v) is 12.3. The van der Waals surface area contributed by atoms with Crippen molar-refractivity contribution < 1.29 is 28.0 Å². The number of alkyl halides is 1. The van der Waals surface area contributed by atoms with E-state index >= 15 is 0 Å². The van der Waals surface area contributed by atoms with Crippen LogP contribution in [-0.4, -0.2) is 29.6 Å². The molecule has 2 heterocycles. The van der Waals surface area contributed by atoms with Crippen LogP contribution in [0.15, 0.2) is 67.0 Å². The standard InChI is InChI=1S/C35H33BClFN2O5/c1-22-25(21-43-33-14-32(26(19-41)13-31(33)37)42-20-24-12-23(16-39)17-40-18-24)8-6-9-27(22)28-10-7-11-30(29(28)15-38)36-44-34(2,3)35(4,5)45-36/h6-14,17-19H,15,20-21H2,1-5H3. The maximum atomic E-state index is 14.7. The predicted molar refractivity (Wildman–Crippen MR) is 172 cm³/mol. The minimum Gasteiger partial charge on any atom is -0.488 e. The van der Waals surface area contributed by atoms with E-state index in [-0.39, 0.29) is 29.5 Å². The van der Waals surface area contributed by atoms with Gasteiger partial charge >= 0.3 is 7.12 Å². The summed E-state index contributed by atoms with van der Waals surface area (Å²) in [5.41, 5.74) is 4.82. The summed E-state index contributed by atoms with van der Waals surface area (Å²) in [6.07, 6.45) is 3.70. The summed E-state index contributed by atoms with van der Waals surface area (Å²) in [6.45, 7) is 9.42. The number of pyridine rings is 1. The third kappa shape index (κ3) is 6.59. The molecule has 230 valence electrons. The van der Waals surface area contributed by atoms with E-state index in [1.165, 1.54) is 12.3 Å². The summed E-state index contributed by atoms with van der Waals surface area (Å²) < 4.78 is 39.2. The van der Waals surface area contributed by atoms with Gasteiger partial charge in [-0.05, 0) is 80.0 Å². The van der Waals surface area contributed by atoms with Crippen molar-refractivity contribution in [3.63, 3.8) is 0 Å². The zero-order chi connectivity index (χ0) is 32.4. The minimum atomic E-state index is -0.688. The quantitative estimate of drug-likeness (QED) is 0.135. The molecule has 0 saturated carbocycles. The Balaban J connectivity index is 1.39. The maximum Gasteiger partial charge on any atom is 0.495 e. The van der Waals surface area contributed by atoms with Crippen molar-refractivity contribution in [2.75, 3.05) is 0 Å². The topological polar surface area (TPSA) is 90.7 Å². The van der Waals surface area contributed by atoms with E-state index in [0.717, 1.165) is 22.3 Å². The molecular weight excluding hydrogens is 594 g/mol. The predicted octanol–water partition coefficient (Wildman–Crippen LogP) is 7.32. The van der Waals surface area contributed by atoms with Gasteiger partial charge in [-0.25, -0.2) is 4.39 Å². The Labute approximate surface area is 268 Å². The molecule has 0 aliphatic carbocycles. The molecule has 0 spiro atoms. The maximum absolute atomic E-state index is 14.7. The lowest BCUT2D eigenvalue weighted by Crippen LogP contribution is -2.41. The van der Waals surface area contributed by atoms with E-state index in [1.807, 2.05) is 77.1 Å². The van der Waals surface area contributed by atoms with Crippen molar-refractivity contribution >= 4 is 30.5 Å². The number of aromatic nitrogens is 1. The first kappa shape index (κ1) is 32.2. The average Bonchev–Trinajstić information content (AvgIpc) is 3.25. The second-order valence-electron chi connectivity index (χ2n) is 11.9. The van der Waals surface area contributed by atoms with E-state index in [0.29, 0.717) is 34.2 Å². The van der Waals surface area contributed by atoms with Crippen molar-refractivity contribution in [3.05, 3.63) is 105 Å². The van der Waals surface area contributed by atoms with Crippen LogP contribution in [0.1, 0.15) is 65.9 Å². The Bertz CT molecular complexity index is 1770. The van der Waals surface area contributed by atoms with Gasteiger partial charge in [0.05, 0.1) is 27.4 Å². The summed E-state index contributed by atoms with van der Waals surface area (Å²) >= 11 is 6.48. The van der Waals surface area contributed by atoms with Gasteiger partial charge in [0.15, 0.2) is 6.29 Å². The van der Waals surface area contributed by atoms with Crippen LogP contribution in [-0.2, 0) is 29.2 Å². The van der Waals surface area contributed by atoms with Crippen LogP contribution in [0.4, 0.5) is 4.39 Å². The molecular formula is C35H33BClFN2O5. The van der Waals surface area contributed by atoms with Crippen molar-refractivity contribution in [2.24, 2.45) is 0 Å². The molecule has 1 aliphatic heterocycles. The molecule has 3 aromatic carbocycles. The molecule has 45 heavy (non-hydrogen) atoms. The molecule has 0 bridgehead atoms. The normalized spacial score (nSPS) is 15.0. The number of aldehydes is 1. The molecule has 1 aromatic heterocycles. The molecule has 1 saturated heterocycles. The smallest absolute Gasteiger partial charge is 0.488 e. The molecule has 7 nitrogen and oxygen atoms in total. The van der Waals surface area contributed by atoms with Gasteiger partial charge in [-0.1, -0.05) is 48.0 Å². The molecule has 4 aromatic rings. The van der Waals surface area contributed by atoms with Gasteiger partial charge in [0, 0.05) is 24.0 Å². The SMILES string of the molecule is Cc1c(COc2cc(OCc3cncc(C#N)c3)c(C=O)cc2Cl)cccc1-c1cccc(B2OC(C)(C)C(C)(C)O2)c1CF. The fraction of sp³-hybridized carbons (Fsp3) is 0.286. The first-order valence-corrected chi connectivity index (χ1v) is 14.9. The van der Waals surface area contributed by atoms with E-state index in [4.69, 9.17) is 35.6 Å². The van der Waals surface area contributed by atoms with Gasteiger partial charge in [0.2, 0.25) is 0 Å². The van der Waals surface area contributed by atoms with Gasteiger partial charge in [-0.15, -0.1) is 0 Å². The summed E-state index contributed by atoms with van der Waals surface area (Å²) in [5, 5.41) is 9.38. The number of rotatable bonds is 10. The molecule has 0 radical (unpaired) electrons. The number of halogens is 2. The Kier molecular flexibility index (Phi) is 9.31. The fourth-order valence-corrected chi connectivity index (χ4v) is 5.38. The largest absolute Gasteiger partial charge is 0.495 e. The molecule has 0 amide bonds. The van der Waals surface area contributed by atoms with Gasteiger partial charge in [0.1, 0.15) is 37.5 Å².